The van der Waals surface area contributed by atoms with Gasteiger partial charge in [-0.05, 0) is 35.4 Å². The van der Waals surface area contributed by atoms with Crippen molar-refractivity contribution >= 4 is 23.4 Å². The van der Waals surface area contributed by atoms with E-state index in [4.69, 9.17) is 11.6 Å². The van der Waals surface area contributed by atoms with Gasteiger partial charge in [-0.25, -0.2) is 0 Å². The molecule has 0 radical (unpaired) electrons. The Labute approximate surface area is 150 Å². The molecule has 3 rings (SSSR count). The minimum absolute atomic E-state index is 0.295. The molecule has 5 heteroatoms. The van der Waals surface area contributed by atoms with E-state index in [0.717, 1.165) is 11.1 Å². The number of carbonyl (C=O) groups excluding carboxylic acids is 2. The van der Waals surface area contributed by atoms with Gasteiger partial charge in [-0.1, -0.05) is 66.2 Å². The molecule has 2 N–H and O–H groups in total. The summed E-state index contributed by atoms with van der Waals surface area (Å²) in [5.74, 6) is -0.875. The molecule has 0 aliphatic rings. The van der Waals surface area contributed by atoms with Crippen molar-refractivity contribution in [2.75, 3.05) is 0 Å². The zero-order valence-electron chi connectivity index (χ0n) is 13.2. The van der Waals surface area contributed by atoms with E-state index in [1.807, 2.05) is 42.5 Å². The molecule has 0 saturated carbocycles. The largest absolute Gasteiger partial charge is 0.271 e. The van der Waals surface area contributed by atoms with Gasteiger partial charge in [0.25, 0.3) is 11.8 Å². The summed E-state index contributed by atoms with van der Waals surface area (Å²) in [6.45, 7) is 0. The van der Waals surface area contributed by atoms with Crippen LogP contribution in [0.5, 0.6) is 0 Å². The van der Waals surface area contributed by atoms with Crippen LogP contribution < -0.4 is 10.9 Å². The summed E-state index contributed by atoms with van der Waals surface area (Å²) in [6, 6.07) is 23.6. The first-order chi connectivity index (χ1) is 12.1. The van der Waals surface area contributed by atoms with E-state index in [9.17, 15) is 9.59 Å². The number of carbonyl (C=O) groups is 2. The summed E-state index contributed by atoms with van der Waals surface area (Å²) < 4.78 is 0. The first kappa shape index (κ1) is 16.7. The van der Waals surface area contributed by atoms with E-state index >= 15 is 0 Å². The molecule has 0 bridgehead atoms. The summed E-state index contributed by atoms with van der Waals surface area (Å²) in [4.78, 5) is 24.2. The Bertz CT molecular complexity index is 893. The molecular formula is C20H15ClN2O2. The lowest BCUT2D eigenvalue weighted by atomic mass is 10.0. The van der Waals surface area contributed by atoms with Crippen molar-refractivity contribution in [3.63, 3.8) is 0 Å². The molecule has 0 spiro atoms. The maximum atomic E-state index is 12.2. The van der Waals surface area contributed by atoms with Gasteiger partial charge in [0.05, 0.1) is 10.6 Å². The Morgan fingerprint density at radius 2 is 1.20 bits per heavy atom. The van der Waals surface area contributed by atoms with Gasteiger partial charge in [-0.3, -0.25) is 20.4 Å². The Balaban J connectivity index is 1.64. The summed E-state index contributed by atoms with van der Waals surface area (Å²) in [6.07, 6.45) is 0. The van der Waals surface area contributed by atoms with Crippen molar-refractivity contribution < 1.29 is 9.59 Å². The maximum absolute atomic E-state index is 12.2. The monoisotopic (exact) mass is 350 g/mol. The molecule has 25 heavy (non-hydrogen) atoms. The Hall–Kier alpha value is -3.11. The minimum Gasteiger partial charge on any atom is -0.267 e. The lowest BCUT2D eigenvalue weighted by Gasteiger charge is -2.09. The van der Waals surface area contributed by atoms with E-state index in [0.29, 0.717) is 16.1 Å². The van der Waals surface area contributed by atoms with Gasteiger partial charge in [0.15, 0.2) is 0 Å². The normalized spacial score (nSPS) is 10.1. The SMILES string of the molecule is O=C(NNC(=O)c1ccccc1Cl)c1ccc(-c2ccccc2)cc1. The second kappa shape index (κ2) is 7.64. The molecule has 0 aliphatic heterocycles. The number of nitrogens with one attached hydrogen (secondary N) is 2. The van der Waals surface area contributed by atoms with E-state index in [1.54, 1.807) is 36.4 Å². The number of hydrazine groups is 1. The van der Waals surface area contributed by atoms with Gasteiger partial charge in [0.2, 0.25) is 0 Å². The second-order valence-corrected chi connectivity index (χ2v) is 5.74. The number of amides is 2. The Morgan fingerprint density at radius 3 is 1.88 bits per heavy atom. The zero-order valence-corrected chi connectivity index (χ0v) is 14.0. The van der Waals surface area contributed by atoms with Gasteiger partial charge >= 0.3 is 0 Å². The van der Waals surface area contributed by atoms with Gasteiger partial charge in [-0.15, -0.1) is 0 Å². The molecule has 124 valence electrons. The molecule has 0 heterocycles. The second-order valence-electron chi connectivity index (χ2n) is 5.33. The Morgan fingerprint density at radius 1 is 0.640 bits per heavy atom. The van der Waals surface area contributed by atoms with Crippen LogP contribution in [0.3, 0.4) is 0 Å². The third-order valence-electron chi connectivity index (χ3n) is 3.66. The molecule has 0 saturated heterocycles. The highest BCUT2D eigenvalue weighted by atomic mass is 35.5. The molecule has 2 amide bonds. The Kier molecular flexibility index (Phi) is 5.11. The van der Waals surface area contributed by atoms with Crippen molar-refractivity contribution in [3.05, 3.63) is 95.0 Å². The van der Waals surface area contributed by atoms with Gasteiger partial charge in [0.1, 0.15) is 0 Å². The number of hydrogen-bond donors (Lipinski definition) is 2. The predicted molar refractivity (Wildman–Crippen MR) is 98.3 cm³/mol. The van der Waals surface area contributed by atoms with Gasteiger partial charge in [0, 0.05) is 5.56 Å². The van der Waals surface area contributed by atoms with E-state index < -0.39 is 11.8 Å². The highest BCUT2D eigenvalue weighted by molar-refractivity contribution is 6.33. The fourth-order valence-electron chi connectivity index (χ4n) is 2.34. The van der Waals surface area contributed by atoms with Crippen LogP contribution in [0.2, 0.25) is 5.02 Å². The molecule has 3 aromatic rings. The first-order valence-corrected chi connectivity index (χ1v) is 8.03. The summed E-state index contributed by atoms with van der Waals surface area (Å²) >= 11 is 5.95. The maximum Gasteiger partial charge on any atom is 0.271 e. The number of benzene rings is 3. The molecule has 0 atom stereocenters. The molecule has 0 unspecified atom stereocenters. The van der Waals surface area contributed by atoms with Crippen LogP contribution in [0.1, 0.15) is 20.7 Å². The average Bonchev–Trinajstić information content (AvgIpc) is 2.67. The summed E-state index contributed by atoms with van der Waals surface area (Å²) in [5.41, 5.74) is 7.57. The van der Waals surface area contributed by atoms with Crippen molar-refractivity contribution in [3.8, 4) is 11.1 Å². The van der Waals surface area contributed by atoms with Crippen LogP contribution in [-0.4, -0.2) is 11.8 Å². The topological polar surface area (TPSA) is 58.2 Å². The van der Waals surface area contributed by atoms with Crippen molar-refractivity contribution in [2.45, 2.75) is 0 Å². The molecule has 0 aromatic heterocycles. The standard InChI is InChI=1S/C20H15ClN2O2/c21-18-9-5-4-8-17(18)20(25)23-22-19(24)16-12-10-15(11-13-16)14-6-2-1-3-7-14/h1-13H,(H,22,24)(H,23,25). The first-order valence-electron chi connectivity index (χ1n) is 7.66. The summed E-state index contributed by atoms with van der Waals surface area (Å²) in [5, 5.41) is 0.321. The van der Waals surface area contributed by atoms with Crippen molar-refractivity contribution in [2.24, 2.45) is 0 Å². The van der Waals surface area contributed by atoms with Crippen LogP contribution in [0, 0.1) is 0 Å². The average molecular weight is 351 g/mol. The third kappa shape index (κ3) is 4.05. The van der Waals surface area contributed by atoms with Crippen molar-refractivity contribution in [1.29, 1.82) is 0 Å². The van der Waals surface area contributed by atoms with Crippen LogP contribution in [-0.2, 0) is 0 Å². The van der Waals surface area contributed by atoms with Crippen LogP contribution in [0.25, 0.3) is 11.1 Å². The lowest BCUT2D eigenvalue weighted by molar-refractivity contribution is 0.0847. The molecule has 0 aliphatic carbocycles. The fourth-order valence-corrected chi connectivity index (χ4v) is 2.56. The molecule has 4 nitrogen and oxygen atoms in total. The summed E-state index contributed by atoms with van der Waals surface area (Å²) in [7, 11) is 0. The van der Waals surface area contributed by atoms with E-state index in [1.165, 1.54) is 0 Å². The van der Waals surface area contributed by atoms with Crippen LogP contribution in [0.4, 0.5) is 0 Å². The van der Waals surface area contributed by atoms with Crippen LogP contribution in [0.15, 0.2) is 78.9 Å². The molecule has 3 aromatic carbocycles. The van der Waals surface area contributed by atoms with Crippen molar-refractivity contribution in [1.82, 2.24) is 10.9 Å². The van der Waals surface area contributed by atoms with Gasteiger partial charge in [-0.2, -0.15) is 0 Å². The quantitative estimate of drug-likeness (QED) is 0.699. The highest BCUT2D eigenvalue weighted by Crippen LogP contribution is 2.19. The predicted octanol–water partition coefficient (Wildman–Crippen LogP) is 4.08. The lowest BCUT2D eigenvalue weighted by Crippen LogP contribution is -2.41. The van der Waals surface area contributed by atoms with Gasteiger partial charge < -0.3 is 0 Å². The minimum atomic E-state index is -0.472. The van der Waals surface area contributed by atoms with E-state index in [2.05, 4.69) is 10.9 Å². The third-order valence-corrected chi connectivity index (χ3v) is 3.99. The molecular weight excluding hydrogens is 336 g/mol. The number of hydrogen-bond acceptors (Lipinski definition) is 2. The zero-order chi connectivity index (χ0) is 17.6. The molecule has 0 fully saturated rings. The highest BCUT2D eigenvalue weighted by Gasteiger charge is 2.11. The smallest absolute Gasteiger partial charge is 0.267 e. The number of halogens is 1. The fraction of sp³-hybridized carbons (Fsp3) is 0. The number of rotatable bonds is 3. The van der Waals surface area contributed by atoms with Crippen LogP contribution >= 0.6 is 11.6 Å². The van der Waals surface area contributed by atoms with E-state index in [-0.39, 0.29) is 0 Å².